The Balaban J connectivity index is 1.87. The highest BCUT2D eigenvalue weighted by Crippen LogP contribution is 2.39. The Hall–Kier alpha value is -3.10. The van der Waals surface area contributed by atoms with Crippen LogP contribution in [0.15, 0.2) is 24.3 Å². The lowest BCUT2D eigenvalue weighted by atomic mass is 9.84. The minimum Gasteiger partial charge on any atom is -0.394 e. The van der Waals surface area contributed by atoms with E-state index in [9.17, 15) is 29.4 Å². The molecule has 8 heteroatoms. The molecular formula is C26H30N2O6. The zero-order valence-electron chi connectivity index (χ0n) is 19.9. The molecule has 2 aromatic carbocycles. The first kappa shape index (κ1) is 24.0. The Morgan fingerprint density at radius 3 is 1.06 bits per heavy atom. The summed E-state index contributed by atoms with van der Waals surface area (Å²) in [6.07, 6.45) is 0.903. The Morgan fingerprint density at radius 1 is 0.588 bits per heavy atom. The van der Waals surface area contributed by atoms with Crippen molar-refractivity contribution < 1.29 is 29.4 Å². The fourth-order valence-corrected chi connectivity index (χ4v) is 5.19. The maximum absolute atomic E-state index is 13.4. The fourth-order valence-electron chi connectivity index (χ4n) is 5.19. The van der Waals surface area contributed by atoms with Gasteiger partial charge >= 0.3 is 0 Å². The van der Waals surface area contributed by atoms with E-state index in [0.29, 0.717) is 23.6 Å². The number of carbonyl (C=O) groups is 4. The van der Waals surface area contributed by atoms with Crippen LogP contribution in [0.5, 0.6) is 0 Å². The average molecular weight is 467 g/mol. The van der Waals surface area contributed by atoms with Gasteiger partial charge < -0.3 is 10.2 Å². The number of amides is 4. The molecule has 0 aromatic heterocycles. The maximum Gasteiger partial charge on any atom is 0.261 e. The summed E-state index contributed by atoms with van der Waals surface area (Å²) in [6.45, 7) is 7.08. The van der Waals surface area contributed by atoms with Gasteiger partial charge in [0, 0.05) is 33.0 Å². The molecule has 0 radical (unpaired) electrons. The Morgan fingerprint density at radius 2 is 0.853 bits per heavy atom. The summed E-state index contributed by atoms with van der Waals surface area (Å²) in [5, 5.41) is 20.4. The molecule has 2 N–H and O–H groups in total. The number of aliphatic hydroxyl groups excluding tert-OH is 2. The van der Waals surface area contributed by atoms with Crippen molar-refractivity contribution in [1.82, 2.24) is 9.80 Å². The number of benzene rings is 2. The molecule has 0 spiro atoms. The summed E-state index contributed by atoms with van der Waals surface area (Å²) in [5.41, 5.74) is 0.916. The lowest BCUT2D eigenvalue weighted by molar-refractivity contribution is 0.0425. The molecule has 2 atom stereocenters. The van der Waals surface area contributed by atoms with Crippen molar-refractivity contribution in [3.63, 3.8) is 0 Å². The smallest absolute Gasteiger partial charge is 0.261 e. The minimum absolute atomic E-state index is 0.154. The van der Waals surface area contributed by atoms with Crippen LogP contribution in [0.3, 0.4) is 0 Å². The van der Waals surface area contributed by atoms with E-state index >= 15 is 0 Å². The standard InChI is InChI=1S/C26H30N2O6/c1-13(2)9-15(11-29)27-23(31)17-5-7-19-22-20(8-6-18(21(17)22)24(27)32)26(34)28(25(19)33)16(12-30)10-14(3)4/h5-8,13-16,29-30H,9-12H2,1-4H3. The summed E-state index contributed by atoms with van der Waals surface area (Å²) in [6, 6.07) is 4.71. The molecule has 2 aromatic rings. The van der Waals surface area contributed by atoms with E-state index in [1.54, 1.807) is 0 Å². The quantitative estimate of drug-likeness (QED) is 0.578. The number of nitrogens with zero attached hydrogens (tertiary/aromatic N) is 2. The molecule has 2 heterocycles. The van der Waals surface area contributed by atoms with Crippen LogP contribution in [0, 0.1) is 11.8 Å². The summed E-state index contributed by atoms with van der Waals surface area (Å²) in [7, 11) is 0. The van der Waals surface area contributed by atoms with Crippen molar-refractivity contribution in [2.24, 2.45) is 11.8 Å². The van der Waals surface area contributed by atoms with E-state index in [4.69, 9.17) is 0 Å². The van der Waals surface area contributed by atoms with Crippen molar-refractivity contribution in [3.05, 3.63) is 46.5 Å². The first-order valence-corrected chi connectivity index (χ1v) is 11.7. The van der Waals surface area contributed by atoms with Gasteiger partial charge in [0.2, 0.25) is 0 Å². The van der Waals surface area contributed by atoms with Crippen molar-refractivity contribution in [2.75, 3.05) is 13.2 Å². The molecule has 2 aliphatic heterocycles. The second-order valence-corrected chi connectivity index (χ2v) is 9.96. The van der Waals surface area contributed by atoms with Gasteiger partial charge in [0.05, 0.1) is 25.3 Å². The number of carbonyl (C=O) groups excluding carboxylic acids is 4. The monoisotopic (exact) mass is 466 g/mol. The SMILES string of the molecule is CC(C)CC(CO)N1C(=O)c2ccc3c4c(ccc(c24)C1=O)C(=O)N(C(CO)CC(C)C)C3=O. The summed E-state index contributed by atoms with van der Waals surface area (Å²) in [5.74, 6) is -1.87. The van der Waals surface area contributed by atoms with Gasteiger partial charge in [-0.25, -0.2) is 0 Å². The Kier molecular flexibility index (Phi) is 6.31. The number of hydrogen-bond donors (Lipinski definition) is 2. The van der Waals surface area contributed by atoms with Crippen LogP contribution in [0.4, 0.5) is 0 Å². The highest BCUT2D eigenvalue weighted by molar-refractivity contribution is 6.33. The zero-order valence-corrected chi connectivity index (χ0v) is 19.9. The van der Waals surface area contributed by atoms with Gasteiger partial charge in [0.25, 0.3) is 23.6 Å². The van der Waals surface area contributed by atoms with Gasteiger partial charge in [-0.05, 0) is 48.9 Å². The predicted molar refractivity (Wildman–Crippen MR) is 126 cm³/mol. The first-order valence-electron chi connectivity index (χ1n) is 11.7. The molecule has 0 fully saturated rings. The number of imide groups is 2. The third-order valence-corrected chi connectivity index (χ3v) is 6.60. The Bertz CT molecular complexity index is 1040. The van der Waals surface area contributed by atoms with Crippen LogP contribution < -0.4 is 0 Å². The molecule has 34 heavy (non-hydrogen) atoms. The molecule has 0 aliphatic carbocycles. The van der Waals surface area contributed by atoms with Crippen molar-refractivity contribution in [1.29, 1.82) is 0 Å². The van der Waals surface area contributed by atoms with Crippen molar-refractivity contribution in [2.45, 2.75) is 52.6 Å². The van der Waals surface area contributed by atoms with Gasteiger partial charge in [-0.2, -0.15) is 0 Å². The highest BCUT2D eigenvalue weighted by Gasteiger charge is 2.43. The van der Waals surface area contributed by atoms with E-state index in [0.717, 1.165) is 9.80 Å². The molecule has 2 aliphatic rings. The summed E-state index contributed by atoms with van der Waals surface area (Å²) < 4.78 is 0. The normalized spacial score (nSPS) is 17.4. The van der Waals surface area contributed by atoms with E-state index in [-0.39, 0.29) is 47.3 Å². The maximum atomic E-state index is 13.4. The fraction of sp³-hybridized carbons (Fsp3) is 0.462. The lowest BCUT2D eigenvalue weighted by Crippen LogP contribution is -2.51. The molecule has 8 nitrogen and oxygen atoms in total. The van der Waals surface area contributed by atoms with E-state index in [1.165, 1.54) is 24.3 Å². The van der Waals surface area contributed by atoms with Crippen molar-refractivity contribution in [3.8, 4) is 0 Å². The molecule has 0 saturated heterocycles. The second-order valence-electron chi connectivity index (χ2n) is 9.96. The van der Waals surface area contributed by atoms with Crippen LogP contribution in [0.1, 0.15) is 82.0 Å². The van der Waals surface area contributed by atoms with E-state index in [2.05, 4.69) is 0 Å². The number of rotatable bonds is 8. The topological polar surface area (TPSA) is 115 Å². The van der Waals surface area contributed by atoms with Crippen LogP contribution in [0.25, 0.3) is 10.8 Å². The van der Waals surface area contributed by atoms with Crippen LogP contribution in [-0.4, -0.2) is 68.9 Å². The largest absolute Gasteiger partial charge is 0.394 e. The van der Waals surface area contributed by atoms with Crippen molar-refractivity contribution >= 4 is 34.4 Å². The minimum atomic E-state index is -0.671. The second kappa shape index (κ2) is 8.92. The van der Waals surface area contributed by atoms with Gasteiger partial charge in [0.1, 0.15) is 0 Å². The zero-order chi connectivity index (χ0) is 24.9. The molecule has 4 rings (SSSR count). The van der Waals surface area contributed by atoms with E-state index in [1.807, 2.05) is 27.7 Å². The summed E-state index contributed by atoms with van der Waals surface area (Å²) >= 11 is 0. The molecule has 180 valence electrons. The van der Waals surface area contributed by atoms with E-state index < -0.39 is 35.7 Å². The Labute approximate surface area is 198 Å². The molecule has 4 amide bonds. The molecular weight excluding hydrogens is 436 g/mol. The molecule has 0 bridgehead atoms. The van der Waals surface area contributed by atoms with Gasteiger partial charge in [-0.3, -0.25) is 29.0 Å². The van der Waals surface area contributed by atoms with Gasteiger partial charge in [-0.1, -0.05) is 27.7 Å². The van der Waals surface area contributed by atoms with Gasteiger partial charge in [0.15, 0.2) is 0 Å². The third kappa shape index (κ3) is 3.61. The number of aliphatic hydroxyl groups is 2. The lowest BCUT2D eigenvalue weighted by Gasteiger charge is -2.37. The average Bonchev–Trinajstić information content (AvgIpc) is 2.79. The van der Waals surface area contributed by atoms with Crippen LogP contribution >= 0.6 is 0 Å². The van der Waals surface area contributed by atoms with Crippen LogP contribution in [0.2, 0.25) is 0 Å². The highest BCUT2D eigenvalue weighted by atomic mass is 16.3. The van der Waals surface area contributed by atoms with Gasteiger partial charge in [-0.15, -0.1) is 0 Å². The molecule has 0 saturated carbocycles. The molecule has 2 unspecified atom stereocenters. The third-order valence-electron chi connectivity index (χ3n) is 6.60. The first-order chi connectivity index (χ1) is 16.1. The number of hydrogen-bond acceptors (Lipinski definition) is 6. The van der Waals surface area contributed by atoms with Crippen LogP contribution in [-0.2, 0) is 0 Å². The predicted octanol–water partition coefficient (Wildman–Crippen LogP) is 2.85. The summed E-state index contributed by atoms with van der Waals surface area (Å²) in [4.78, 5) is 55.8.